The molecular formula is C10H13Cl. The summed E-state index contributed by atoms with van der Waals surface area (Å²) >= 11 is 6.06. The molecule has 1 rings (SSSR count). The Kier molecular flexibility index (Phi) is 2.95. The topological polar surface area (TPSA) is 0 Å². The highest BCUT2D eigenvalue weighted by Gasteiger charge is 2.05. The molecule has 0 amide bonds. The number of allylic oxidation sites excluding steroid dienone is 6. The Hall–Kier alpha value is -0.490. The van der Waals surface area contributed by atoms with E-state index in [1.54, 1.807) is 0 Å². The Balaban J connectivity index is 2.86. The lowest BCUT2D eigenvalue weighted by atomic mass is 10.1. The zero-order chi connectivity index (χ0) is 8.27. The van der Waals surface area contributed by atoms with Crippen LogP contribution in [0.1, 0.15) is 20.3 Å². The lowest BCUT2D eigenvalue weighted by Crippen LogP contribution is -1.96. The highest BCUT2D eigenvalue weighted by Crippen LogP contribution is 2.19. The number of hydrogen-bond donors (Lipinski definition) is 0. The molecule has 1 atom stereocenters. The van der Waals surface area contributed by atoms with Gasteiger partial charge in [0.05, 0.1) is 5.38 Å². The summed E-state index contributed by atoms with van der Waals surface area (Å²) < 4.78 is 0. The minimum absolute atomic E-state index is 0.0914. The summed E-state index contributed by atoms with van der Waals surface area (Å²) in [6.45, 7) is 4.21. The molecule has 0 nitrogen and oxygen atoms in total. The van der Waals surface area contributed by atoms with E-state index < -0.39 is 0 Å². The SMILES string of the molecule is CCC1=CC=C(C)C=CC1Cl. The standard InChI is InChI=1S/C10H13Cl/c1-3-9-6-4-8(2)5-7-10(9)11/h4-7,10H,3H2,1-2H3. The monoisotopic (exact) mass is 168 g/mol. The van der Waals surface area contributed by atoms with Crippen molar-refractivity contribution in [2.45, 2.75) is 25.6 Å². The lowest BCUT2D eigenvalue weighted by molar-refractivity contribution is 1.04. The maximum atomic E-state index is 6.06. The van der Waals surface area contributed by atoms with E-state index >= 15 is 0 Å². The molecule has 0 saturated carbocycles. The third kappa shape index (κ3) is 2.23. The molecule has 0 fully saturated rings. The third-order valence-electron chi connectivity index (χ3n) is 1.85. The second kappa shape index (κ2) is 3.77. The Labute approximate surface area is 73.3 Å². The van der Waals surface area contributed by atoms with Crippen molar-refractivity contribution in [3.8, 4) is 0 Å². The van der Waals surface area contributed by atoms with Crippen molar-refractivity contribution in [3.05, 3.63) is 35.5 Å². The van der Waals surface area contributed by atoms with E-state index in [1.807, 2.05) is 6.08 Å². The molecule has 0 aromatic rings. The van der Waals surface area contributed by atoms with Crippen molar-refractivity contribution in [2.75, 3.05) is 0 Å². The molecule has 1 heteroatoms. The van der Waals surface area contributed by atoms with Gasteiger partial charge in [-0.3, -0.25) is 0 Å². The molecule has 0 radical (unpaired) electrons. The van der Waals surface area contributed by atoms with E-state index in [0.717, 1.165) is 6.42 Å². The summed E-state index contributed by atoms with van der Waals surface area (Å²) in [5, 5.41) is 0.0914. The molecule has 0 saturated heterocycles. The molecule has 11 heavy (non-hydrogen) atoms. The van der Waals surface area contributed by atoms with Gasteiger partial charge in [0.15, 0.2) is 0 Å². The van der Waals surface area contributed by atoms with E-state index in [1.165, 1.54) is 11.1 Å². The van der Waals surface area contributed by atoms with E-state index in [9.17, 15) is 0 Å². The van der Waals surface area contributed by atoms with Gasteiger partial charge in [-0.15, -0.1) is 11.6 Å². The fraction of sp³-hybridized carbons (Fsp3) is 0.400. The largest absolute Gasteiger partial charge is 0.114 e. The van der Waals surface area contributed by atoms with Crippen molar-refractivity contribution in [1.29, 1.82) is 0 Å². The second-order valence-corrected chi connectivity index (χ2v) is 3.24. The molecule has 0 aliphatic heterocycles. The summed E-state index contributed by atoms with van der Waals surface area (Å²) in [6.07, 6.45) is 9.36. The van der Waals surface area contributed by atoms with Crippen LogP contribution in [0.25, 0.3) is 0 Å². The molecule has 1 aliphatic rings. The lowest BCUT2D eigenvalue weighted by Gasteiger charge is -2.04. The first-order valence-corrected chi connectivity index (χ1v) is 4.37. The van der Waals surface area contributed by atoms with E-state index in [0.29, 0.717) is 0 Å². The number of hydrogen-bond acceptors (Lipinski definition) is 0. The fourth-order valence-electron chi connectivity index (χ4n) is 1.06. The Morgan fingerprint density at radius 3 is 2.82 bits per heavy atom. The summed E-state index contributed by atoms with van der Waals surface area (Å²) in [5.41, 5.74) is 2.55. The van der Waals surface area contributed by atoms with Crippen LogP contribution in [0, 0.1) is 0 Å². The highest BCUT2D eigenvalue weighted by molar-refractivity contribution is 6.23. The van der Waals surface area contributed by atoms with Crippen molar-refractivity contribution < 1.29 is 0 Å². The minimum Gasteiger partial charge on any atom is -0.114 e. The van der Waals surface area contributed by atoms with Crippen LogP contribution in [-0.2, 0) is 0 Å². The van der Waals surface area contributed by atoms with E-state index in [2.05, 4.69) is 32.1 Å². The molecule has 1 aliphatic carbocycles. The van der Waals surface area contributed by atoms with Crippen LogP contribution in [0.15, 0.2) is 35.5 Å². The molecule has 1 unspecified atom stereocenters. The van der Waals surface area contributed by atoms with Gasteiger partial charge in [-0.05, 0) is 18.9 Å². The van der Waals surface area contributed by atoms with E-state index in [-0.39, 0.29) is 5.38 Å². The van der Waals surface area contributed by atoms with Crippen LogP contribution in [0.4, 0.5) is 0 Å². The molecule has 0 heterocycles. The minimum atomic E-state index is 0.0914. The van der Waals surface area contributed by atoms with Crippen LogP contribution in [0.2, 0.25) is 0 Å². The predicted molar refractivity (Wildman–Crippen MR) is 50.9 cm³/mol. The predicted octanol–water partition coefficient (Wildman–Crippen LogP) is 3.45. The fourth-order valence-corrected chi connectivity index (χ4v) is 1.36. The van der Waals surface area contributed by atoms with Crippen LogP contribution >= 0.6 is 11.6 Å². The van der Waals surface area contributed by atoms with Gasteiger partial charge in [-0.1, -0.05) is 36.8 Å². The van der Waals surface area contributed by atoms with Crippen molar-refractivity contribution in [2.24, 2.45) is 0 Å². The molecule has 0 N–H and O–H groups in total. The molecule has 0 spiro atoms. The van der Waals surface area contributed by atoms with Crippen molar-refractivity contribution in [1.82, 2.24) is 0 Å². The van der Waals surface area contributed by atoms with Gasteiger partial charge in [0.25, 0.3) is 0 Å². The van der Waals surface area contributed by atoms with Crippen LogP contribution in [-0.4, -0.2) is 5.38 Å². The zero-order valence-corrected chi connectivity index (χ0v) is 7.73. The van der Waals surface area contributed by atoms with Gasteiger partial charge >= 0.3 is 0 Å². The molecule has 0 aromatic carbocycles. The zero-order valence-electron chi connectivity index (χ0n) is 6.97. The Bertz CT molecular complexity index is 221. The number of alkyl halides is 1. The van der Waals surface area contributed by atoms with Crippen LogP contribution < -0.4 is 0 Å². The van der Waals surface area contributed by atoms with E-state index in [4.69, 9.17) is 11.6 Å². The molecule has 0 bridgehead atoms. The Morgan fingerprint density at radius 1 is 1.45 bits per heavy atom. The van der Waals surface area contributed by atoms with Gasteiger partial charge in [0.1, 0.15) is 0 Å². The normalized spacial score (nSPS) is 24.1. The maximum Gasteiger partial charge on any atom is 0.0732 e. The van der Waals surface area contributed by atoms with Crippen molar-refractivity contribution in [3.63, 3.8) is 0 Å². The summed E-state index contributed by atoms with van der Waals surface area (Å²) in [5.74, 6) is 0. The van der Waals surface area contributed by atoms with Gasteiger partial charge in [-0.25, -0.2) is 0 Å². The first kappa shape index (κ1) is 8.61. The van der Waals surface area contributed by atoms with Gasteiger partial charge in [-0.2, -0.15) is 0 Å². The summed E-state index contributed by atoms with van der Waals surface area (Å²) in [6, 6.07) is 0. The van der Waals surface area contributed by atoms with Gasteiger partial charge in [0, 0.05) is 0 Å². The molecule has 60 valence electrons. The average molecular weight is 169 g/mol. The summed E-state index contributed by atoms with van der Waals surface area (Å²) in [4.78, 5) is 0. The molecule has 0 aromatic heterocycles. The van der Waals surface area contributed by atoms with Gasteiger partial charge in [0.2, 0.25) is 0 Å². The summed E-state index contributed by atoms with van der Waals surface area (Å²) in [7, 11) is 0. The van der Waals surface area contributed by atoms with Gasteiger partial charge < -0.3 is 0 Å². The van der Waals surface area contributed by atoms with Crippen LogP contribution in [0.5, 0.6) is 0 Å². The Morgan fingerprint density at radius 2 is 2.18 bits per heavy atom. The first-order valence-electron chi connectivity index (χ1n) is 3.93. The maximum absolute atomic E-state index is 6.06. The number of halogens is 1. The number of rotatable bonds is 1. The quantitative estimate of drug-likeness (QED) is 0.527. The third-order valence-corrected chi connectivity index (χ3v) is 2.28. The second-order valence-electron chi connectivity index (χ2n) is 2.77. The van der Waals surface area contributed by atoms with Crippen molar-refractivity contribution >= 4 is 11.6 Å². The molecular weight excluding hydrogens is 156 g/mol. The van der Waals surface area contributed by atoms with Crippen LogP contribution in [0.3, 0.4) is 0 Å². The highest BCUT2D eigenvalue weighted by atomic mass is 35.5. The smallest absolute Gasteiger partial charge is 0.0732 e. The first-order chi connectivity index (χ1) is 5.24. The average Bonchev–Trinajstić information content (AvgIpc) is 2.15.